The van der Waals surface area contributed by atoms with E-state index in [9.17, 15) is 14.7 Å². The van der Waals surface area contributed by atoms with Crippen LogP contribution in [0, 0.1) is 6.92 Å². The summed E-state index contributed by atoms with van der Waals surface area (Å²) in [6, 6.07) is 4.57. The molecule has 0 spiro atoms. The first-order valence-electron chi connectivity index (χ1n) is 5.89. The SMILES string of the molecule is Cc1cc(N2C(=O)CN(C)CC2C(=O)O)ccc1Br. The molecule has 0 aliphatic carbocycles. The molecule has 5 nitrogen and oxygen atoms in total. The molecular weight excluding hydrogens is 312 g/mol. The molecule has 1 aromatic rings. The lowest BCUT2D eigenvalue weighted by atomic mass is 10.1. The standard InChI is InChI=1S/C13H15BrN2O3/c1-8-5-9(3-4-10(8)14)16-11(13(18)19)6-15(2)7-12(16)17/h3-5,11H,6-7H2,1-2H3,(H,18,19). The van der Waals surface area contributed by atoms with Gasteiger partial charge in [0.15, 0.2) is 0 Å². The van der Waals surface area contributed by atoms with Crippen molar-refractivity contribution in [3.05, 3.63) is 28.2 Å². The van der Waals surface area contributed by atoms with Gasteiger partial charge in [0.1, 0.15) is 6.04 Å². The normalized spacial score (nSPS) is 20.7. The molecule has 1 amide bonds. The second kappa shape index (κ2) is 5.30. The number of nitrogens with zero attached hydrogens (tertiary/aromatic N) is 2. The van der Waals surface area contributed by atoms with Gasteiger partial charge in [-0.05, 0) is 37.7 Å². The number of likely N-dealkylation sites (N-methyl/N-ethyl adjacent to an activating group) is 1. The first-order valence-corrected chi connectivity index (χ1v) is 6.69. The zero-order chi connectivity index (χ0) is 14.2. The molecule has 19 heavy (non-hydrogen) atoms. The van der Waals surface area contributed by atoms with Crippen LogP contribution in [0.15, 0.2) is 22.7 Å². The van der Waals surface area contributed by atoms with Gasteiger partial charge in [-0.15, -0.1) is 0 Å². The number of benzene rings is 1. The molecule has 1 atom stereocenters. The van der Waals surface area contributed by atoms with Gasteiger partial charge in [0.2, 0.25) is 5.91 Å². The van der Waals surface area contributed by atoms with Crippen LogP contribution < -0.4 is 4.90 Å². The number of piperazine rings is 1. The minimum atomic E-state index is -0.986. The first kappa shape index (κ1) is 14.0. The van der Waals surface area contributed by atoms with Crippen LogP contribution in [0.4, 0.5) is 5.69 Å². The topological polar surface area (TPSA) is 60.9 Å². The number of anilines is 1. The Morgan fingerprint density at radius 3 is 2.74 bits per heavy atom. The Morgan fingerprint density at radius 2 is 2.16 bits per heavy atom. The fraction of sp³-hybridized carbons (Fsp3) is 0.385. The third-order valence-electron chi connectivity index (χ3n) is 3.17. The molecular formula is C13H15BrN2O3. The zero-order valence-electron chi connectivity index (χ0n) is 10.8. The summed E-state index contributed by atoms with van der Waals surface area (Å²) in [7, 11) is 1.75. The number of aliphatic carboxylic acids is 1. The highest BCUT2D eigenvalue weighted by atomic mass is 79.9. The maximum atomic E-state index is 12.1. The van der Waals surface area contributed by atoms with E-state index in [-0.39, 0.29) is 12.5 Å². The van der Waals surface area contributed by atoms with Crippen LogP contribution >= 0.6 is 15.9 Å². The summed E-state index contributed by atoms with van der Waals surface area (Å²) in [5.41, 5.74) is 1.60. The number of carbonyl (C=O) groups excluding carboxylic acids is 1. The molecule has 1 aromatic carbocycles. The number of hydrogen-bond acceptors (Lipinski definition) is 3. The van der Waals surface area contributed by atoms with Crippen LogP contribution in [0.25, 0.3) is 0 Å². The average Bonchev–Trinajstić information content (AvgIpc) is 2.32. The molecule has 0 bridgehead atoms. The van der Waals surface area contributed by atoms with Crippen molar-refractivity contribution >= 4 is 33.5 Å². The highest BCUT2D eigenvalue weighted by Gasteiger charge is 2.36. The fourth-order valence-electron chi connectivity index (χ4n) is 2.21. The van der Waals surface area contributed by atoms with Crippen LogP contribution in [0.5, 0.6) is 0 Å². The Hall–Kier alpha value is -1.40. The second-order valence-electron chi connectivity index (χ2n) is 4.75. The monoisotopic (exact) mass is 326 g/mol. The number of halogens is 1. The molecule has 1 aliphatic heterocycles. The average molecular weight is 327 g/mol. The van der Waals surface area contributed by atoms with E-state index in [0.29, 0.717) is 12.2 Å². The van der Waals surface area contributed by atoms with Crippen molar-refractivity contribution in [3.8, 4) is 0 Å². The summed E-state index contributed by atoms with van der Waals surface area (Å²) in [6.45, 7) is 2.47. The first-order chi connectivity index (χ1) is 8.90. The van der Waals surface area contributed by atoms with Gasteiger partial charge < -0.3 is 5.11 Å². The summed E-state index contributed by atoms with van der Waals surface area (Å²) in [5.74, 6) is -1.18. The minimum absolute atomic E-state index is 0.192. The van der Waals surface area contributed by atoms with Gasteiger partial charge >= 0.3 is 5.97 Å². The van der Waals surface area contributed by atoms with Gasteiger partial charge in [-0.3, -0.25) is 14.6 Å². The highest BCUT2D eigenvalue weighted by Crippen LogP contribution is 2.26. The molecule has 2 rings (SSSR count). The lowest BCUT2D eigenvalue weighted by molar-refractivity contribution is -0.142. The Morgan fingerprint density at radius 1 is 1.47 bits per heavy atom. The molecule has 0 radical (unpaired) electrons. The molecule has 1 fully saturated rings. The second-order valence-corrected chi connectivity index (χ2v) is 5.60. The van der Waals surface area contributed by atoms with Crippen molar-refractivity contribution < 1.29 is 14.7 Å². The van der Waals surface area contributed by atoms with Gasteiger partial charge in [-0.25, -0.2) is 4.79 Å². The molecule has 1 heterocycles. The van der Waals surface area contributed by atoms with E-state index in [1.807, 2.05) is 19.1 Å². The maximum absolute atomic E-state index is 12.1. The summed E-state index contributed by atoms with van der Waals surface area (Å²) < 4.78 is 0.935. The molecule has 1 unspecified atom stereocenters. The van der Waals surface area contributed by atoms with Crippen LogP contribution in [-0.2, 0) is 9.59 Å². The molecule has 6 heteroatoms. The quantitative estimate of drug-likeness (QED) is 0.894. The van der Waals surface area contributed by atoms with Crippen molar-refractivity contribution in [2.45, 2.75) is 13.0 Å². The minimum Gasteiger partial charge on any atom is -0.480 e. The third-order valence-corrected chi connectivity index (χ3v) is 4.06. The highest BCUT2D eigenvalue weighted by molar-refractivity contribution is 9.10. The largest absolute Gasteiger partial charge is 0.480 e. The van der Waals surface area contributed by atoms with E-state index < -0.39 is 12.0 Å². The lowest BCUT2D eigenvalue weighted by Crippen LogP contribution is -2.58. The van der Waals surface area contributed by atoms with Crippen LogP contribution in [0.3, 0.4) is 0 Å². The van der Waals surface area contributed by atoms with Crippen molar-refractivity contribution in [1.29, 1.82) is 0 Å². The summed E-state index contributed by atoms with van der Waals surface area (Å²) in [6.07, 6.45) is 0. The molecule has 0 aromatic heterocycles. The Labute approximate surface area is 119 Å². The van der Waals surface area contributed by atoms with Crippen LogP contribution in [0.2, 0.25) is 0 Å². The molecule has 1 N–H and O–H groups in total. The van der Waals surface area contributed by atoms with Gasteiger partial charge in [-0.2, -0.15) is 0 Å². The Bertz CT molecular complexity index is 533. The van der Waals surface area contributed by atoms with Crippen molar-refractivity contribution in [2.75, 3.05) is 25.0 Å². The predicted molar refractivity (Wildman–Crippen MR) is 75.3 cm³/mol. The number of carboxylic acids is 1. The number of rotatable bonds is 2. The molecule has 0 saturated carbocycles. The third kappa shape index (κ3) is 2.79. The summed E-state index contributed by atoms with van der Waals surface area (Å²) >= 11 is 3.39. The van der Waals surface area contributed by atoms with Gasteiger partial charge in [0.05, 0.1) is 6.54 Å². The summed E-state index contributed by atoms with van der Waals surface area (Å²) in [5, 5.41) is 9.30. The van der Waals surface area contributed by atoms with Crippen molar-refractivity contribution in [2.24, 2.45) is 0 Å². The lowest BCUT2D eigenvalue weighted by Gasteiger charge is -2.37. The number of amides is 1. The summed E-state index contributed by atoms with van der Waals surface area (Å²) in [4.78, 5) is 26.6. The molecule has 1 aliphatic rings. The number of carbonyl (C=O) groups is 2. The van der Waals surface area contributed by atoms with Gasteiger partial charge in [0.25, 0.3) is 0 Å². The molecule has 102 valence electrons. The predicted octanol–water partition coefficient (Wildman–Crippen LogP) is 1.49. The van der Waals surface area contributed by atoms with E-state index in [2.05, 4.69) is 15.9 Å². The van der Waals surface area contributed by atoms with Crippen LogP contribution in [0.1, 0.15) is 5.56 Å². The van der Waals surface area contributed by atoms with E-state index >= 15 is 0 Å². The van der Waals surface area contributed by atoms with E-state index in [4.69, 9.17) is 0 Å². The number of aryl methyl sites for hydroxylation is 1. The fourth-order valence-corrected chi connectivity index (χ4v) is 2.46. The Balaban J connectivity index is 2.41. The van der Waals surface area contributed by atoms with Crippen molar-refractivity contribution in [1.82, 2.24) is 4.90 Å². The molecule has 1 saturated heterocycles. The van der Waals surface area contributed by atoms with E-state index in [1.165, 1.54) is 4.90 Å². The number of carboxylic acid groups (broad SMARTS) is 1. The smallest absolute Gasteiger partial charge is 0.328 e. The van der Waals surface area contributed by atoms with E-state index in [1.54, 1.807) is 18.0 Å². The Kier molecular flexibility index (Phi) is 3.91. The number of hydrogen-bond donors (Lipinski definition) is 1. The van der Waals surface area contributed by atoms with Crippen LogP contribution in [-0.4, -0.2) is 48.1 Å². The van der Waals surface area contributed by atoms with E-state index in [0.717, 1.165) is 10.0 Å². The van der Waals surface area contributed by atoms with Crippen molar-refractivity contribution in [3.63, 3.8) is 0 Å². The van der Waals surface area contributed by atoms with Gasteiger partial charge in [-0.1, -0.05) is 15.9 Å². The van der Waals surface area contributed by atoms with Gasteiger partial charge in [0, 0.05) is 16.7 Å². The zero-order valence-corrected chi connectivity index (χ0v) is 12.3. The maximum Gasteiger partial charge on any atom is 0.328 e.